The monoisotopic (exact) mass is 463 g/mol. The zero-order valence-electron chi connectivity index (χ0n) is 17.6. The molecule has 8 nitrogen and oxygen atoms in total. The van der Waals surface area contributed by atoms with E-state index in [4.69, 9.17) is 4.74 Å². The molecule has 0 saturated heterocycles. The molecule has 1 aromatic heterocycles. The average Bonchev–Trinajstić information content (AvgIpc) is 3.04. The van der Waals surface area contributed by atoms with Gasteiger partial charge in [0.05, 0.1) is 28.8 Å². The molecule has 1 N–H and O–H groups in total. The fourth-order valence-electron chi connectivity index (χ4n) is 3.10. The molecule has 0 bridgehead atoms. The minimum absolute atomic E-state index is 0.0596. The van der Waals surface area contributed by atoms with Crippen molar-refractivity contribution in [2.24, 2.45) is 0 Å². The summed E-state index contributed by atoms with van der Waals surface area (Å²) < 4.78 is 33.6. The van der Waals surface area contributed by atoms with Crippen LogP contribution in [0.15, 0.2) is 47.3 Å². The molecule has 0 unspecified atom stereocenters. The van der Waals surface area contributed by atoms with E-state index < -0.39 is 15.9 Å². The summed E-state index contributed by atoms with van der Waals surface area (Å²) in [7, 11) is -3.69. The Labute approximate surface area is 185 Å². The van der Waals surface area contributed by atoms with Crippen LogP contribution >= 0.6 is 11.3 Å². The fraction of sp³-hybridized carbons (Fsp3) is 0.333. The number of aromatic nitrogens is 1. The molecule has 0 aliphatic rings. The zero-order chi connectivity index (χ0) is 22.6. The molecule has 3 aromatic rings. The normalized spacial score (nSPS) is 11.5. The first-order chi connectivity index (χ1) is 14.7. The van der Waals surface area contributed by atoms with Crippen molar-refractivity contribution in [3.8, 4) is 5.75 Å². The summed E-state index contributed by atoms with van der Waals surface area (Å²) in [5.74, 6) is 0.146. The standard InChI is InChI=1S/C21H25N3O5S2/c1-4-12-29-17-9-7-16(8-10-17)24(31(3,27)28)14-20(25)22-15-6-11-18-19(13-15)30-21(26)23(18)5-2/h6-11,13H,4-5,12,14H2,1-3H3,(H,22,25). The summed E-state index contributed by atoms with van der Waals surface area (Å²) in [6.45, 7) is 4.65. The third-order valence-electron chi connectivity index (χ3n) is 4.55. The van der Waals surface area contributed by atoms with Crippen LogP contribution in [-0.2, 0) is 21.4 Å². The van der Waals surface area contributed by atoms with E-state index in [2.05, 4.69) is 5.32 Å². The van der Waals surface area contributed by atoms with Gasteiger partial charge in [0, 0.05) is 12.2 Å². The number of carbonyl (C=O) groups is 1. The first kappa shape index (κ1) is 22.8. The summed E-state index contributed by atoms with van der Waals surface area (Å²) >= 11 is 1.10. The van der Waals surface area contributed by atoms with Crippen molar-refractivity contribution in [2.75, 3.05) is 29.0 Å². The molecule has 0 aliphatic carbocycles. The van der Waals surface area contributed by atoms with Gasteiger partial charge in [-0.05, 0) is 55.8 Å². The number of amides is 1. The number of hydrogen-bond donors (Lipinski definition) is 1. The number of aryl methyl sites for hydroxylation is 1. The molecule has 0 saturated carbocycles. The lowest BCUT2D eigenvalue weighted by atomic mass is 10.3. The van der Waals surface area contributed by atoms with Crippen LogP contribution in [0.1, 0.15) is 20.3 Å². The van der Waals surface area contributed by atoms with Crippen LogP contribution < -0.4 is 19.2 Å². The Morgan fingerprint density at radius 2 is 1.87 bits per heavy atom. The number of nitrogens with one attached hydrogen (secondary N) is 1. The fourth-order valence-corrected chi connectivity index (χ4v) is 4.95. The van der Waals surface area contributed by atoms with Gasteiger partial charge in [0.25, 0.3) is 0 Å². The second-order valence-corrected chi connectivity index (χ2v) is 9.85. The van der Waals surface area contributed by atoms with Crippen molar-refractivity contribution >= 4 is 48.9 Å². The van der Waals surface area contributed by atoms with Gasteiger partial charge in [-0.1, -0.05) is 18.3 Å². The van der Waals surface area contributed by atoms with Gasteiger partial charge < -0.3 is 10.1 Å². The molecular weight excluding hydrogens is 438 g/mol. The van der Waals surface area contributed by atoms with E-state index in [0.29, 0.717) is 30.3 Å². The molecule has 3 rings (SSSR count). The molecule has 1 heterocycles. The molecule has 0 aliphatic heterocycles. The SMILES string of the molecule is CCCOc1ccc(N(CC(=O)Nc2ccc3c(c2)sc(=O)n3CC)S(C)(=O)=O)cc1. The smallest absolute Gasteiger partial charge is 0.308 e. The van der Waals surface area contributed by atoms with Gasteiger partial charge in [-0.15, -0.1) is 0 Å². The maximum Gasteiger partial charge on any atom is 0.308 e. The largest absolute Gasteiger partial charge is 0.494 e. The molecule has 0 fully saturated rings. The lowest BCUT2D eigenvalue weighted by molar-refractivity contribution is -0.114. The van der Waals surface area contributed by atoms with Gasteiger partial charge in [0.15, 0.2) is 0 Å². The number of ether oxygens (including phenoxy) is 1. The number of benzene rings is 2. The molecule has 0 spiro atoms. The number of hydrogen-bond acceptors (Lipinski definition) is 6. The lowest BCUT2D eigenvalue weighted by Gasteiger charge is -2.22. The van der Waals surface area contributed by atoms with Crippen molar-refractivity contribution in [1.29, 1.82) is 0 Å². The lowest BCUT2D eigenvalue weighted by Crippen LogP contribution is -2.37. The molecule has 10 heteroatoms. The first-order valence-corrected chi connectivity index (χ1v) is 12.5. The summed E-state index contributed by atoms with van der Waals surface area (Å²) in [6.07, 6.45) is 1.92. The molecule has 0 radical (unpaired) electrons. The third-order valence-corrected chi connectivity index (χ3v) is 6.64. The summed E-state index contributed by atoms with van der Waals surface area (Å²) in [5, 5.41) is 2.72. The van der Waals surface area contributed by atoms with Gasteiger partial charge in [-0.3, -0.25) is 18.5 Å². The number of sulfonamides is 1. The Balaban J connectivity index is 1.77. The quantitative estimate of drug-likeness (QED) is 0.525. The van der Waals surface area contributed by atoms with E-state index in [1.807, 2.05) is 13.8 Å². The molecule has 31 heavy (non-hydrogen) atoms. The molecular formula is C21H25N3O5S2. The van der Waals surface area contributed by atoms with E-state index in [1.54, 1.807) is 47.0 Å². The van der Waals surface area contributed by atoms with E-state index in [-0.39, 0.29) is 11.4 Å². The summed E-state index contributed by atoms with van der Waals surface area (Å²) in [5.41, 5.74) is 1.67. The Bertz CT molecular complexity index is 1230. The van der Waals surface area contributed by atoms with Gasteiger partial charge in [-0.2, -0.15) is 0 Å². The van der Waals surface area contributed by atoms with Crippen molar-refractivity contribution in [1.82, 2.24) is 4.57 Å². The first-order valence-electron chi connectivity index (χ1n) is 9.86. The van der Waals surface area contributed by atoms with Crippen LogP contribution in [-0.4, -0.2) is 38.3 Å². The number of nitrogens with zero attached hydrogens (tertiary/aromatic N) is 2. The van der Waals surface area contributed by atoms with Crippen LogP contribution in [0, 0.1) is 0 Å². The minimum Gasteiger partial charge on any atom is -0.494 e. The Kier molecular flexibility index (Phi) is 7.01. The Morgan fingerprint density at radius 3 is 2.48 bits per heavy atom. The van der Waals surface area contributed by atoms with Crippen molar-refractivity contribution in [3.05, 3.63) is 52.1 Å². The second kappa shape index (κ2) is 9.52. The predicted octanol–water partition coefficient (Wildman–Crippen LogP) is 3.28. The maximum absolute atomic E-state index is 12.6. The van der Waals surface area contributed by atoms with E-state index in [9.17, 15) is 18.0 Å². The van der Waals surface area contributed by atoms with Crippen molar-refractivity contribution in [3.63, 3.8) is 0 Å². The average molecular weight is 464 g/mol. The van der Waals surface area contributed by atoms with Crippen molar-refractivity contribution < 1.29 is 17.9 Å². The van der Waals surface area contributed by atoms with E-state index in [1.165, 1.54) is 0 Å². The van der Waals surface area contributed by atoms with E-state index >= 15 is 0 Å². The summed E-state index contributed by atoms with van der Waals surface area (Å²) in [6, 6.07) is 11.8. The number of anilines is 2. The maximum atomic E-state index is 12.6. The molecule has 1 amide bonds. The molecule has 0 atom stereocenters. The van der Waals surface area contributed by atoms with Gasteiger partial charge >= 0.3 is 4.87 Å². The van der Waals surface area contributed by atoms with Crippen molar-refractivity contribution in [2.45, 2.75) is 26.8 Å². The Hall–Kier alpha value is -2.85. The second-order valence-electron chi connectivity index (χ2n) is 6.95. The predicted molar refractivity (Wildman–Crippen MR) is 125 cm³/mol. The van der Waals surface area contributed by atoms with Crippen LogP contribution in [0.25, 0.3) is 10.2 Å². The third kappa shape index (κ3) is 5.45. The highest BCUT2D eigenvalue weighted by atomic mass is 32.2. The van der Waals surface area contributed by atoms with Crippen LogP contribution in [0.5, 0.6) is 5.75 Å². The van der Waals surface area contributed by atoms with Crippen LogP contribution in [0.4, 0.5) is 11.4 Å². The number of fused-ring (bicyclic) bond motifs is 1. The van der Waals surface area contributed by atoms with Gasteiger partial charge in [0.1, 0.15) is 12.3 Å². The highest BCUT2D eigenvalue weighted by Crippen LogP contribution is 2.24. The molecule has 166 valence electrons. The minimum atomic E-state index is -3.69. The van der Waals surface area contributed by atoms with Gasteiger partial charge in [0.2, 0.25) is 15.9 Å². The summed E-state index contributed by atoms with van der Waals surface area (Å²) in [4.78, 5) is 24.6. The molecule has 2 aromatic carbocycles. The highest BCUT2D eigenvalue weighted by Gasteiger charge is 2.21. The zero-order valence-corrected chi connectivity index (χ0v) is 19.3. The highest BCUT2D eigenvalue weighted by molar-refractivity contribution is 7.92. The topological polar surface area (TPSA) is 97.7 Å². The van der Waals surface area contributed by atoms with Crippen LogP contribution in [0.2, 0.25) is 0 Å². The Morgan fingerprint density at radius 1 is 1.16 bits per heavy atom. The number of carbonyl (C=O) groups excluding carboxylic acids is 1. The number of rotatable bonds is 9. The van der Waals surface area contributed by atoms with Gasteiger partial charge in [-0.25, -0.2) is 8.42 Å². The van der Waals surface area contributed by atoms with E-state index in [0.717, 1.165) is 38.5 Å². The van der Waals surface area contributed by atoms with Crippen LogP contribution in [0.3, 0.4) is 0 Å². The number of thiazole rings is 1.